The molecule has 0 aliphatic carbocycles. The molecule has 2 heterocycles. The van der Waals surface area contributed by atoms with Gasteiger partial charge < -0.3 is 15.4 Å². The highest BCUT2D eigenvalue weighted by Crippen LogP contribution is 2.22. The lowest BCUT2D eigenvalue weighted by atomic mass is 9.86. The van der Waals surface area contributed by atoms with Crippen LogP contribution in [0.2, 0.25) is 0 Å². The first-order chi connectivity index (χ1) is 15.8. The molecule has 2 unspecified atom stereocenters. The molecular formula is C24H29N3O5S. The zero-order chi connectivity index (χ0) is 23.8. The van der Waals surface area contributed by atoms with E-state index < -0.39 is 29.7 Å². The van der Waals surface area contributed by atoms with Crippen LogP contribution in [0.25, 0.3) is 0 Å². The van der Waals surface area contributed by atoms with Crippen LogP contribution in [0, 0.1) is 11.8 Å². The molecule has 2 N–H and O–H groups in total. The molecule has 0 bridgehead atoms. The Bertz CT molecular complexity index is 989. The van der Waals surface area contributed by atoms with Gasteiger partial charge in [0.15, 0.2) is 5.78 Å². The molecule has 2 amide bonds. The molecule has 2 atom stereocenters. The van der Waals surface area contributed by atoms with Crippen molar-refractivity contribution < 1.29 is 23.9 Å². The fraction of sp³-hybridized carbons (Fsp3) is 0.458. The van der Waals surface area contributed by atoms with Gasteiger partial charge in [-0.05, 0) is 30.7 Å². The van der Waals surface area contributed by atoms with Gasteiger partial charge in [0.1, 0.15) is 6.61 Å². The number of hydrogen-bond acceptors (Lipinski definition) is 7. The molecule has 1 aliphatic rings. The number of Topliss-reactive ketones (excluding diaryl/α,β-unsaturated/α-hetero) is 2. The van der Waals surface area contributed by atoms with Crippen molar-refractivity contribution in [1.29, 1.82) is 0 Å². The number of hydrogen-bond donors (Lipinski definition) is 2. The topological polar surface area (TPSA) is 114 Å². The lowest BCUT2D eigenvalue weighted by Crippen LogP contribution is -2.46. The maximum atomic E-state index is 13.1. The van der Waals surface area contributed by atoms with Gasteiger partial charge in [0, 0.05) is 17.2 Å². The van der Waals surface area contributed by atoms with E-state index in [0.717, 1.165) is 16.1 Å². The SMILES string of the molecule is CC(C)C(NC(=O)OCc1ccccc1)C(=O)CC1CCCc2ncsc2CNC(=O)C1=O. The molecular weight excluding hydrogens is 442 g/mol. The van der Waals surface area contributed by atoms with Crippen LogP contribution in [-0.2, 0) is 38.7 Å². The lowest BCUT2D eigenvalue weighted by Gasteiger charge is -2.23. The second-order valence-electron chi connectivity index (χ2n) is 8.46. The summed E-state index contributed by atoms with van der Waals surface area (Å²) in [6.45, 7) is 3.97. The van der Waals surface area contributed by atoms with Gasteiger partial charge in [0.2, 0.25) is 5.78 Å². The number of fused-ring (bicyclic) bond motifs is 1. The van der Waals surface area contributed by atoms with Gasteiger partial charge in [-0.15, -0.1) is 11.3 Å². The highest BCUT2D eigenvalue weighted by atomic mass is 32.1. The van der Waals surface area contributed by atoms with Crippen LogP contribution < -0.4 is 10.6 Å². The molecule has 176 valence electrons. The second-order valence-corrected chi connectivity index (χ2v) is 9.40. The summed E-state index contributed by atoms with van der Waals surface area (Å²) in [5.41, 5.74) is 3.48. The number of carbonyl (C=O) groups is 4. The van der Waals surface area contributed by atoms with E-state index in [1.807, 2.05) is 44.2 Å². The molecule has 2 aromatic rings. The Kier molecular flexibility index (Phi) is 8.71. The smallest absolute Gasteiger partial charge is 0.408 e. The van der Waals surface area contributed by atoms with Crippen molar-refractivity contribution in [3.63, 3.8) is 0 Å². The number of rotatable bonds is 7. The number of alkyl carbamates (subject to hydrolysis) is 1. The lowest BCUT2D eigenvalue weighted by molar-refractivity contribution is -0.141. The number of carbonyl (C=O) groups excluding carboxylic acids is 4. The van der Waals surface area contributed by atoms with Crippen LogP contribution in [0.3, 0.4) is 0 Å². The third-order valence-electron chi connectivity index (χ3n) is 5.64. The average molecular weight is 472 g/mol. The van der Waals surface area contributed by atoms with E-state index >= 15 is 0 Å². The summed E-state index contributed by atoms with van der Waals surface area (Å²) in [6.07, 6.45) is 0.921. The van der Waals surface area contributed by atoms with E-state index in [9.17, 15) is 19.2 Å². The Morgan fingerprint density at radius 2 is 2.00 bits per heavy atom. The molecule has 8 nitrogen and oxygen atoms in total. The number of aryl methyl sites for hydroxylation is 1. The number of ether oxygens (including phenoxy) is 1. The first-order valence-corrected chi connectivity index (χ1v) is 12.0. The Hall–Kier alpha value is -3.07. The highest BCUT2D eigenvalue weighted by molar-refractivity contribution is 7.09. The molecule has 1 aromatic heterocycles. The van der Waals surface area contributed by atoms with Gasteiger partial charge in [-0.25, -0.2) is 9.78 Å². The maximum Gasteiger partial charge on any atom is 0.408 e. The molecule has 1 aromatic carbocycles. The van der Waals surface area contributed by atoms with E-state index in [1.54, 1.807) is 5.51 Å². The number of aromatic nitrogens is 1. The predicted molar refractivity (Wildman–Crippen MR) is 123 cm³/mol. The monoisotopic (exact) mass is 471 g/mol. The van der Waals surface area contributed by atoms with Crippen molar-refractivity contribution in [3.05, 3.63) is 52.0 Å². The van der Waals surface area contributed by atoms with E-state index in [1.165, 1.54) is 11.3 Å². The van der Waals surface area contributed by atoms with Crippen molar-refractivity contribution in [1.82, 2.24) is 15.6 Å². The summed E-state index contributed by atoms with van der Waals surface area (Å²) >= 11 is 1.45. The Labute approximate surface area is 197 Å². The molecule has 33 heavy (non-hydrogen) atoms. The van der Waals surface area contributed by atoms with E-state index in [4.69, 9.17) is 4.74 Å². The molecule has 9 heteroatoms. The van der Waals surface area contributed by atoms with Crippen LogP contribution in [0.15, 0.2) is 35.8 Å². The Morgan fingerprint density at radius 1 is 1.24 bits per heavy atom. The molecule has 0 radical (unpaired) electrons. The largest absolute Gasteiger partial charge is 0.445 e. The average Bonchev–Trinajstić information content (AvgIpc) is 3.25. The number of nitrogens with one attached hydrogen (secondary N) is 2. The third-order valence-corrected chi connectivity index (χ3v) is 6.52. The van der Waals surface area contributed by atoms with Crippen molar-refractivity contribution in [2.75, 3.05) is 0 Å². The van der Waals surface area contributed by atoms with E-state index in [0.29, 0.717) is 19.3 Å². The van der Waals surface area contributed by atoms with Gasteiger partial charge in [-0.2, -0.15) is 0 Å². The fourth-order valence-electron chi connectivity index (χ4n) is 3.80. The minimum Gasteiger partial charge on any atom is -0.445 e. The number of amides is 2. The van der Waals surface area contributed by atoms with Crippen molar-refractivity contribution in [2.45, 2.75) is 58.7 Å². The minimum absolute atomic E-state index is 0.0889. The molecule has 3 rings (SSSR count). The van der Waals surface area contributed by atoms with Gasteiger partial charge in [0.25, 0.3) is 5.91 Å². The molecule has 0 spiro atoms. The van der Waals surface area contributed by atoms with Crippen molar-refractivity contribution in [2.24, 2.45) is 11.8 Å². The number of benzene rings is 1. The van der Waals surface area contributed by atoms with Gasteiger partial charge in [0.05, 0.1) is 23.8 Å². The zero-order valence-electron chi connectivity index (χ0n) is 18.8. The Balaban J connectivity index is 1.61. The van der Waals surface area contributed by atoms with Crippen LogP contribution in [0.4, 0.5) is 4.79 Å². The van der Waals surface area contributed by atoms with E-state index in [-0.39, 0.29) is 31.3 Å². The molecule has 0 saturated heterocycles. The van der Waals surface area contributed by atoms with Crippen molar-refractivity contribution >= 4 is 34.9 Å². The number of ketones is 2. The summed E-state index contributed by atoms with van der Waals surface area (Å²) in [6, 6.07) is 8.42. The van der Waals surface area contributed by atoms with Crippen LogP contribution in [0.1, 0.15) is 49.2 Å². The molecule has 0 saturated carbocycles. The molecule has 1 aliphatic heterocycles. The first-order valence-electron chi connectivity index (χ1n) is 11.1. The normalized spacial score (nSPS) is 17.6. The summed E-state index contributed by atoms with van der Waals surface area (Å²) in [5, 5.41) is 5.28. The second kappa shape index (κ2) is 11.7. The fourth-order valence-corrected chi connectivity index (χ4v) is 4.55. The maximum absolute atomic E-state index is 13.1. The first kappa shape index (κ1) is 24.6. The highest BCUT2D eigenvalue weighted by Gasteiger charge is 2.32. The van der Waals surface area contributed by atoms with E-state index in [2.05, 4.69) is 15.6 Å². The number of nitrogens with zero attached hydrogens (tertiary/aromatic N) is 1. The summed E-state index contributed by atoms with van der Waals surface area (Å²) in [4.78, 5) is 55.8. The van der Waals surface area contributed by atoms with Crippen molar-refractivity contribution in [3.8, 4) is 0 Å². The van der Waals surface area contributed by atoms with Crippen LogP contribution in [-0.4, -0.2) is 34.6 Å². The standard InChI is InChI=1S/C24H29N3O5S/c1-15(2)21(27-24(31)32-13-16-7-4-3-5-8-16)19(28)11-17-9-6-10-18-20(33-14-26-18)12-25-23(30)22(17)29/h3-5,7-8,14-15,17,21H,6,9-13H2,1-2H3,(H,25,30)(H,27,31). The molecule has 0 fully saturated rings. The summed E-state index contributed by atoms with van der Waals surface area (Å²) < 4.78 is 5.24. The van der Waals surface area contributed by atoms with Crippen LogP contribution in [0.5, 0.6) is 0 Å². The summed E-state index contributed by atoms with van der Waals surface area (Å²) in [7, 11) is 0. The quantitative estimate of drug-likeness (QED) is 0.600. The minimum atomic E-state index is -0.815. The van der Waals surface area contributed by atoms with Gasteiger partial charge in [-0.1, -0.05) is 44.2 Å². The number of thiazole rings is 1. The third kappa shape index (κ3) is 6.95. The summed E-state index contributed by atoms with van der Waals surface area (Å²) in [5.74, 6) is -2.51. The van der Waals surface area contributed by atoms with Crippen LogP contribution >= 0.6 is 11.3 Å². The van der Waals surface area contributed by atoms with Gasteiger partial charge >= 0.3 is 6.09 Å². The Morgan fingerprint density at radius 3 is 2.73 bits per heavy atom. The van der Waals surface area contributed by atoms with Gasteiger partial charge in [-0.3, -0.25) is 14.4 Å². The zero-order valence-corrected chi connectivity index (χ0v) is 19.7. The predicted octanol–water partition coefficient (Wildman–Crippen LogP) is 3.19.